The highest BCUT2D eigenvalue weighted by Gasteiger charge is 2.27. The summed E-state index contributed by atoms with van der Waals surface area (Å²) in [6.45, 7) is 8.07. The van der Waals surface area contributed by atoms with Crippen LogP contribution in [-0.2, 0) is 26.2 Å². The van der Waals surface area contributed by atoms with Crippen LogP contribution in [0.15, 0.2) is 48.5 Å². The second-order valence-corrected chi connectivity index (χ2v) is 11.0. The van der Waals surface area contributed by atoms with Gasteiger partial charge in [0.05, 0.1) is 19.1 Å². The van der Waals surface area contributed by atoms with Gasteiger partial charge in [0.2, 0.25) is 21.8 Å². The summed E-state index contributed by atoms with van der Waals surface area (Å²) in [7, 11) is -2.01. The van der Waals surface area contributed by atoms with Crippen LogP contribution in [0.5, 0.6) is 5.75 Å². The van der Waals surface area contributed by atoms with E-state index in [0.29, 0.717) is 24.4 Å². The van der Waals surface area contributed by atoms with Crippen LogP contribution in [0.4, 0.5) is 5.69 Å². The monoisotopic (exact) mass is 517 g/mol. The summed E-state index contributed by atoms with van der Waals surface area (Å²) in [6, 6.07) is 13.9. The lowest BCUT2D eigenvalue weighted by Gasteiger charge is -2.30. The summed E-state index contributed by atoms with van der Waals surface area (Å²) in [5.74, 6) is 0.213. The number of nitrogens with one attached hydrogen (secondary N) is 1. The Morgan fingerprint density at radius 1 is 1.03 bits per heavy atom. The molecule has 36 heavy (non-hydrogen) atoms. The van der Waals surface area contributed by atoms with Gasteiger partial charge in [-0.1, -0.05) is 36.8 Å². The molecule has 2 aromatic rings. The van der Waals surface area contributed by atoms with Crippen LogP contribution >= 0.6 is 0 Å². The highest BCUT2D eigenvalue weighted by Crippen LogP contribution is 2.22. The second-order valence-electron chi connectivity index (χ2n) is 9.14. The van der Waals surface area contributed by atoms with E-state index in [1.807, 2.05) is 45.0 Å². The zero-order valence-corrected chi connectivity index (χ0v) is 23.0. The van der Waals surface area contributed by atoms with Crippen LogP contribution < -0.4 is 14.4 Å². The molecule has 2 aromatic carbocycles. The van der Waals surface area contributed by atoms with Gasteiger partial charge < -0.3 is 15.0 Å². The summed E-state index contributed by atoms with van der Waals surface area (Å²) in [5.41, 5.74) is 2.54. The molecule has 2 amide bonds. The van der Waals surface area contributed by atoms with Crippen molar-refractivity contribution in [2.75, 3.05) is 24.2 Å². The Kier molecular flexibility index (Phi) is 10.8. The normalized spacial score (nSPS) is 12.9. The number of hydrogen-bond donors (Lipinski definition) is 1. The van der Waals surface area contributed by atoms with Crippen molar-refractivity contribution in [1.82, 2.24) is 10.2 Å². The molecule has 0 aliphatic heterocycles. The van der Waals surface area contributed by atoms with Gasteiger partial charge in [0, 0.05) is 25.6 Å². The predicted octanol–water partition coefficient (Wildman–Crippen LogP) is 3.88. The van der Waals surface area contributed by atoms with Crippen LogP contribution in [0, 0.1) is 6.92 Å². The predicted molar refractivity (Wildman–Crippen MR) is 144 cm³/mol. The zero-order chi connectivity index (χ0) is 26.9. The fourth-order valence-electron chi connectivity index (χ4n) is 3.69. The number of carbonyl (C=O) groups excluding carboxylic acids is 2. The second kappa shape index (κ2) is 13.3. The van der Waals surface area contributed by atoms with Gasteiger partial charge in [0.15, 0.2) is 0 Å². The topological polar surface area (TPSA) is 96.0 Å². The molecular weight excluding hydrogens is 478 g/mol. The number of aryl methyl sites for hydroxylation is 1. The number of methoxy groups -OCH3 is 1. The van der Waals surface area contributed by atoms with Crippen molar-refractivity contribution in [3.63, 3.8) is 0 Å². The third-order valence-corrected chi connectivity index (χ3v) is 7.35. The maximum Gasteiger partial charge on any atom is 0.242 e. The maximum atomic E-state index is 13.3. The molecule has 0 fully saturated rings. The Balaban J connectivity index is 2.16. The van der Waals surface area contributed by atoms with Crippen LogP contribution in [0.3, 0.4) is 0 Å². The minimum absolute atomic E-state index is 0.00379. The van der Waals surface area contributed by atoms with Crippen LogP contribution in [0.1, 0.15) is 51.2 Å². The van der Waals surface area contributed by atoms with Gasteiger partial charge in [-0.25, -0.2) is 8.42 Å². The lowest BCUT2D eigenvalue weighted by Crippen LogP contribution is -2.49. The van der Waals surface area contributed by atoms with Crippen molar-refractivity contribution in [3.05, 3.63) is 59.7 Å². The number of nitrogens with zero attached hydrogens (tertiary/aromatic N) is 2. The molecule has 198 valence electrons. The molecule has 9 heteroatoms. The number of anilines is 1. The first-order valence-electron chi connectivity index (χ1n) is 12.2. The highest BCUT2D eigenvalue weighted by molar-refractivity contribution is 7.92. The number of benzene rings is 2. The average molecular weight is 518 g/mol. The van der Waals surface area contributed by atoms with Crippen LogP contribution in [-0.4, -0.2) is 57.1 Å². The number of amides is 2. The van der Waals surface area contributed by atoms with Crippen LogP contribution in [0.2, 0.25) is 0 Å². The first kappa shape index (κ1) is 29.2. The molecule has 0 aliphatic rings. The van der Waals surface area contributed by atoms with Gasteiger partial charge in [0.1, 0.15) is 11.8 Å². The van der Waals surface area contributed by atoms with E-state index in [-0.39, 0.29) is 30.8 Å². The standard InChI is InChI=1S/C27H39N3O5S/c1-7-21(3)28-27(32)22(4)29(19-23-12-10-20(2)11-13-23)26(31)9-8-18-30(36(6,33)34)24-14-16-25(35-5)17-15-24/h10-17,21-22H,7-9,18-19H2,1-6H3,(H,28,32)/t21-,22-/m0/s1. The van der Waals surface area contributed by atoms with Crippen LogP contribution in [0.25, 0.3) is 0 Å². The van der Waals surface area contributed by atoms with E-state index in [0.717, 1.165) is 23.8 Å². The van der Waals surface area contributed by atoms with Crippen molar-refractivity contribution in [3.8, 4) is 5.75 Å². The molecule has 0 aliphatic carbocycles. The lowest BCUT2D eigenvalue weighted by atomic mass is 10.1. The number of hydrogen-bond acceptors (Lipinski definition) is 5. The summed E-state index contributed by atoms with van der Waals surface area (Å²) in [6.07, 6.45) is 2.35. The Labute approximate surface area is 215 Å². The summed E-state index contributed by atoms with van der Waals surface area (Å²) < 4.78 is 31.3. The first-order chi connectivity index (χ1) is 17.0. The van der Waals surface area contributed by atoms with E-state index in [4.69, 9.17) is 4.74 Å². The first-order valence-corrected chi connectivity index (χ1v) is 14.1. The number of rotatable bonds is 13. The number of ether oxygens (including phenoxy) is 1. The molecule has 2 atom stereocenters. The van der Waals surface area contributed by atoms with Gasteiger partial charge in [-0.15, -0.1) is 0 Å². The Morgan fingerprint density at radius 2 is 1.64 bits per heavy atom. The molecule has 0 bridgehead atoms. The van der Waals surface area contributed by atoms with Gasteiger partial charge >= 0.3 is 0 Å². The Hall–Kier alpha value is -3.07. The van der Waals surface area contributed by atoms with Crippen molar-refractivity contribution >= 4 is 27.5 Å². The van der Waals surface area contributed by atoms with E-state index in [1.165, 1.54) is 4.31 Å². The number of carbonyl (C=O) groups is 2. The molecule has 2 rings (SSSR count). The van der Waals surface area contributed by atoms with Crippen molar-refractivity contribution in [2.24, 2.45) is 0 Å². The van der Waals surface area contributed by atoms with Gasteiger partial charge in [0.25, 0.3) is 0 Å². The molecule has 0 spiro atoms. The molecule has 0 saturated heterocycles. The molecule has 1 N–H and O–H groups in total. The van der Waals surface area contributed by atoms with Crippen molar-refractivity contribution in [1.29, 1.82) is 0 Å². The van der Waals surface area contributed by atoms with Gasteiger partial charge in [-0.3, -0.25) is 13.9 Å². The lowest BCUT2D eigenvalue weighted by molar-refractivity contribution is -0.140. The quantitative estimate of drug-likeness (QED) is 0.435. The summed E-state index contributed by atoms with van der Waals surface area (Å²) in [5, 5.41) is 2.95. The average Bonchev–Trinajstić information content (AvgIpc) is 2.85. The van der Waals surface area contributed by atoms with E-state index in [1.54, 1.807) is 43.2 Å². The molecule has 0 heterocycles. The SMILES string of the molecule is CC[C@H](C)NC(=O)[C@H](C)N(Cc1ccc(C)cc1)C(=O)CCCN(c1ccc(OC)cc1)S(C)(=O)=O. The Bertz CT molecular complexity index is 1100. The number of sulfonamides is 1. The fourth-order valence-corrected chi connectivity index (χ4v) is 4.66. The molecule has 0 unspecified atom stereocenters. The molecule has 0 saturated carbocycles. The summed E-state index contributed by atoms with van der Waals surface area (Å²) in [4.78, 5) is 27.7. The molecular formula is C27H39N3O5S. The van der Waals surface area contributed by atoms with Crippen molar-refractivity contribution in [2.45, 2.75) is 65.6 Å². The van der Waals surface area contributed by atoms with Crippen molar-refractivity contribution < 1.29 is 22.7 Å². The van der Waals surface area contributed by atoms with Gasteiger partial charge in [-0.05, 0) is 63.4 Å². The minimum Gasteiger partial charge on any atom is -0.497 e. The third kappa shape index (κ3) is 8.55. The van der Waals surface area contributed by atoms with E-state index < -0.39 is 16.1 Å². The largest absolute Gasteiger partial charge is 0.497 e. The molecule has 8 nitrogen and oxygen atoms in total. The van der Waals surface area contributed by atoms with E-state index in [2.05, 4.69) is 5.32 Å². The third-order valence-electron chi connectivity index (χ3n) is 6.15. The van der Waals surface area contributed by atoms with E-state index in [9.17, 15) is 18.0 Å². The zero-order valence-electron chi connectivity index (χ0n) is 22.2. The molecule has 0 aromatic heterocycles. The smallest absolute Gasteiger partial charge is 0.242 e. The van der Waals surface area contributed by atoms with E-state index >= 15 is 0 Å². The highest BCUT2D eigenvalue weighted by atomic mass is 32.2. The summed E-state index contributed by atoms with van der Waals surface area (Å²) >= 11 is 0. The minimum atomic E-state index is -3.55. The fraction of sp³-hybridized carbons (Fsp3) is 0.481. The Morgan fingerprint density at radius 3 is 2.17 bits per heavy atom. The van der Waals surface area contributed by atoms with Gasteiger partial charge in [-0.2, -0.15) is 0 Å². The maximum absolute atomic E-state index is 13.3. The molecule has 0 radical (unpaired) electrons.